The van der Waals surface area contributed by atoms with E-state index in [1.54, 1.807) is 6.20 Å². The van der Waals surface area contributed by atoms with Gasteiger partial charge in [0.05, 0.1) is 12.0 Å². The summed E-state index contributed by atoms with van der Waals surface area (Å²) < 4.78 is 29.8. The number of carbonyl (C=O) groups is 2. The molecular formula is C28H30F2N4O3. The first kappa shape index (κ1) is 24.0. The molecule has 7 rings (SSSR count). The van der Waals surface area contributed by atoms with Crippen molar-refractivity contribution < 1.29 is 23.2 Å². The van der Waals surface area contributed by atoms with Crippen LogP contribution in [-0.4, -0.2) is 32.9 Å². The monoisotopic (exact) mass is 508 g/mol. The lowest BCUT2D eigenvalue weighted by Crippen LogP contribution is -2.49. The minimum absolute atomic E-state index is 0.0820. The summed E-state index contributed by atoms with van der Waals surface area (Å²) in [5, 5.41) is 1.02. The van der Waals surface area contributed by atoms with Crippen LogP contribution in [0.1, 0.15) is 61.8 Å². The van der Waals surface area contributed by atoms with Crippen molar-refractivity contribution in [2.75, 3.05) is 6.54 Å². The van der Waals surface area contributed by atoms with Crippen LogP contribution in [-0.2, 0) is 33.9 Å². The molecular weight excluding hydrogens is 478 g/mol. The molecule has 0 spiro atoms. The van der Waals surface area contributed by atoms with Gasteiger partial charge in [-0.25, -0.2) is 18.6 Å². The molecule has 1 aromatic carbocycles. The average molecular weight is 509 g/mol. The van der Waals surface area contributed by atoms with E-state index in [9.17, 15) is 18.4 Å². The van der Waals surface area contributed by atoms with Gasteiger partial charge in [-0.15, -0.1) is 0 Å². The maximum Gasteiger partial charge on any atom is 0.330 e. The van der Waals surface area contributed by atoms with Crippen LogP contribution in [0.4, 0.5) is 8.78 Å². The van der Waals surface area contributed by atoms with Crippen LogP contribution < -0.4 is 5.90 Å². The topological polar surface area (TPSA) is 90.5 Å². The van der Waals surface area contributed by atoms with Crippen LogP contribution in [0.2, 0.25) is 0 Å². The highest BCUT2D eigenvalue weighted by Gasteiger charge is 2.54. The number of halogens is 2. The normalized spacial score (nSPS) is 24.8. The number of aromatic nitrogens is 2. The van der Waals surface area contributed by atoms with Gasteiger partial charge in [-0.3, -0.25) is 4.79 Å². The Kier molecular flexibility index (Phi) is 5.78. The molecule has 3 aromatic rings. The van der Waals surface area contributed by atoms with E-state index in [0.717, 1.165) is 47.6 Å². The van der Waals surface area contributed by atoms with E-state index in [0.29, 0.717) is 50.8 Å². The second kappa shape index (κ2) is 8.90. The summed E-state index contributed by atoms with van der Waals surface area (Å²) in [6.07, 6.45) is 7.48. The summed E-state index contributed by atoms with van der Waals surface area (Å²) in [7, 11) is 0. The summed E-state index contributed by atoms with van der Waals surface area (Å²) in [6.45, 7) is 1.32. The van der Waals surface area contributed by atoms with Gasteiger partial charge in [0.15, 0.2) is 0 Å². The predicted octanol–water partition coefficient (Wildman–Crippen LogP) is 4.40. The Hall–Kier alpha value is -3.33. The third kappa shape index (κ3) is 4.09. The summed E-state index contributed by atoms with van der Waals surface area (Å²) in [4.78, 5) is 36.9. The van der Waals surface area contributed by atoms with Crippen molar-refractivity contribution in [3.05, 3.63) is 65.0 Å². The zero-order valence-corrected chi connectivity index (χ0v) is 20.6. The van der Waals surface area contributed by atoms with Gasteiger partial charge in [0.2, 0.25) is 5.91 Å². The Bertz CT molecular complexity index is 1360. The van der Waals surface area contributed by atoms with Crippen molar-refractivity contribution >= 4 is 22.9 Å². The molecule has 3 heterocycles. The van der Waals surface area contributed by atoms with Crippen molar-refractivity contribution in [3.8, 4) is 0 Å². The highest BCUT2D eigenvalue weighted by atomic mass is 19.1. The highest BCUT2D eigenvalue weighted by molar-refractivity contribution is 5.84. The molecule has 2 N–H and O–H groups in total. The number of hydrogen-bond acceptors (Lipinski definition) is 5. The molecule has 0 unspecified atom stereocenters. The van der Waals surface area contributed by atoms with Gasteiger partial charge in [-0.05, 0) is 85.8 Å². The molecule has 3 aliphatic carbocycles. The van der Waals surface area contributed by atoms with Crippen LogP contribution in [0.5, 0.6) is 0 Å². The molecule has 0 atom stereocenters. The standard InChI is InChI=1S/C28H30F2N4O3/c29-19-12-18(13-20(30)14-19)16-34-23-17-33(11-3-21(23)22-2-1-10-32-25(22)34)24(35)15-27-4-7-28(8-5-27,9-6-27)26(36)37-31/h1-2,10,12-14H,3-9,11,15-17,31H2. The fraction of sp³-hybridized carbons (Fsp3) is 0.464. The largest absolute Gasteiger partial charge is 0.373 e. The number of hydrogen-bond donors (Lipinski definition) is 1. The zero-order chi connectivity index (χ0) is 25.8. The number of fused-ring (bicyclic) bond motifs is 6. The Labute approximate surface area is 213 Å². The summed E-state index contributed by atoms with van der Waals surface area (Å²) in [5.74, 6) is 3.74. The first-order valence-corrected chi connectivity index (χ1v) is 12.9. The number of benzene rings is 1. The van der Waals surface area contributed by atoms with Gasteiger partial charge in [0.25, 0.3) is 0 Å². The lowest BCUT2D eigenvalue weighted by molar-refractivity contribution is -0.167. The van der Waals surface area contributed by atoms with Gasteiger partial charge in [0, 0.05) is 42.9 Å². The molecule has 9 heteroatoms. The van der Waals surface area contributed by atoms with Crippen LogP contribution in [0.25, 0.3) is 11.0 Å². The third-order valence-electron chi connectivity index (χ3n) is 9.10. The van der Waals surface area contributed by atoms with Crippen molar-refractivity contribution in [2.45, 2.75) is 64.5 Å². The Morgan fingerprint density at radius 2 is 1.76 bits per heavy atom. The van der Waals surface area contributed by atoms with E-state index >= 15 is 0 Å². The van der Waals surface area contributed by atoms with Gasteiger partial charge < -0.3 is 14.3 Å². The number of nitrogens with two attached hydrogens (primary N) is 1. The molecule has 4 aliphatic rings. The Morgan fingerprint density at radius 3 is 2.43 bits per heavy atom. The second-order valence-corrected chi connectivity index (χ2v) is 11.1. The van der Waals surface area contributed by atoms with Gasteiger partial charge in [0.1, 0.15) is 17.3 Å². The minimum Gasteiger partial charge on any atom is -0.373 e. The fourth-order valence-electron chi connectivity index (χ4n) is 6.92. The van der Waals surface area contributed by atoms with Crippen LogP contribution >= 0.6 is 0 Å². The number of nitrogens with zero attached hydrogens (tertiary/aromatic N) is 3. The van der Waals surface area contributed by atoms with E-state index in [1.807, 2.05) is 21.6 Å². The number of pyridine rings is 1. The van der Waals surface area contributed by atoms with Gasteiger partial charge in [-0.1, -0.05) is 0 Å². The van der Waals surface area contributed by atoms with Gasteiger partial charge >= 0.3 is 5.97 Å². The molecule has 7 nitrogen and oxygen atoms in total. The first-order valence-electron chi connectivity index (χ1n) is 12.9. The van der Waals surface area contributed by atoms with E-state index in [-0.39, 0.29) is 23.8 Å². The highest BCUT2D eigenvalue weighted by Crippen LogP contribution is 2.58. The lowest BCUT2D eigenvalue weighted by atomic mass is 9.52. The van der Waals surface area contributed by atoms with Crippen molar-refractivity contribution in [1.82, 2.24) is 14.5 Å². The van der Waals surface area contributed by atoms with Crippen LogP contribution in [0, 0.1) is 22.5 Å². The Balaban J connectivity index is 1.24. The molecule has 1 aliphatic heterocycles. The number of carbonyl (C=O) groups excluding carboxylic acids is 2. The van der Waals surface area contributed by atoms with Crippen LogP contribution in [0.3, 0.4) is 0 Å². The second-order valence-electron chi connectivity index (χ2n) is 11.1. The molecule has 1 amide bonds. The summed E-state index contributed by atoms with van der Waals surface area (Å²) in [6, 6.07) is 7.44. The van der Waals surface area contributed by atoms with E-state index < -0.39 is 17.0 Å². The lowest BCUT2D eigenvalue weighted by Gasteiger charge is -2.51. The quantitative estimate of drug-likeness (QED) is 0.516. The minimum atomic E-state index is -0.618. The van der Waals surface area contributed by atoms with Crippen molar-refractivity contribution in [2.24, 2.45) is 16.7 Å². The van der Waals surface area contributed by atoms with Gasteiger partial charge in [-0.2, -0.15) is 5.90 Å². The maximum absolute atomic E-state index is 13.9. The van der Waals surface area contributed by atoms with E-state index in [1.165, 1.54) is 12.1 Å². The molecule has 2 bridgehead atoms. The SMILES string of the molecule is NOC(=O)C12CCC(CC(=O)N3CCc4c(n(Cc5cc(F)cc(F)c5)c5ncccc45)C3)(CC1)CC2. The molecule has 2 aromatic heterocycles. The summed E-state index contributed by atoms with van der Waals surface area (Å²) >= 11 is 0. The van der Waals surface area contributed by atoms with Crippen LogP contribution in [0.15, 0.2) is 36.5 Å². The molecule has 3 saturated carbocycles. The predicted molar refractivity (Wildman–Crippen MR) is 132 cm³/mol. The molecule has 0 saturated heterocycles. The van der Waals surface area contributed by atoms with Crippen molar-refractivity contribution in [1.29, 1.82) is 0 Å². The average Bonchev–Trinajstić information content (AvgIpc) is 3.21. The first-order chi connectivity index (χ1) is 17.8. The smallest absolute Gasteiger partial charge is 0.330 e. The maximum atomic E-state index is 13.9. The molecule has 3 fully saturated rings. The fourth-order valence-corrected chi connectivity index (χ4v) is 6.92. The zero-order valence-electron chi connectivity index (χ0n) is 20.6. The number of amides is 1. The van der Waals surface area contributed by atoms with E-state index in [2.05, 4.69) is 9.82 Å². The molecule has 0 radical (unpaired) electrons. The summed E-state index contributed by atoms with van der Waals surface area (Å²) in [5.41, 5.74) is 2.81. The van der Waals surface area contributed by atoms with Crippen molar-refractivity contribution in [3.63, 3.8) is 0 Å². The number of rotatable bonds is 5. The molecule has 37 heavy (non-hydrogen) atoms. The molecule has 194 valence electrons. The third-order valence-corrected chi connectivity index (χ3v) is 9.10. The Morgan fingerprint density at radius 1 is 1.05 bits per heavy atom. The van der Waals surface area contributed by atoms with E-state index in [4.69, 9.17) is 5.90 Å².